The van der Waals surface area contributed by atoms with Crippen molar-refractivity contribution in [3.63, 3.8) is 0 Å². The molecule has 1 unspecified atom stereocenters. The first-order valence-electron chi connectivity index (χ1n) is 7.11. The molecule has 1 saturated carbocycles. The number of anilines is 1. The molecule has 2 N–H and O–H groups in total. The molecule has 0 saturated heterocycles. The molecule has 2 aliphatic heterocycles. The first-order chi connectivity index (χ1) is 8.83. The van der Waals surface area contributed by atoms with Crippen LogP contribution in [-0.2, 0) is 6.54 Å². The molecule has 0 radical (unpaired) electrons. The highest BCUT2D eigenvalue weighted by Crippen LogP contribution is 2.48. The van der Waals surface area contributed by atoms with E-state index in [1.807, 2.05) is 0 Å². The monoisotopic (exact) mass is 244 g/mol. The molecule has 0 bridgehead atoms. The van der Waals surface area contributed by atoms with Gasteiger partial charge in [0, 0.05) is 18.8 Å². The topological polar surface area (TPSA) is 35.5 Å². The van der Waals surface area contributed by atoms with Gasteiger partial charge in [0.25, 0.3) is 0 Å². The van der Waals surface area contributed by atoms with Crippen LogP contribution in [0, 0.1) is 5.92 Å². The van der Waals surface area contributed by atoms with Gasteiger partial charge in [0.2, 0.25) is 0 Å². The third kappa shape index (κ3) is 1.50. The molecule has 3 aliphatic rings. The van der Waals surface area contributed by atoms with E-state index in [0.717, 1.165) is 31.5 Å². The molecule has 2 heterocycles. The van der Waals surface area contributed by atoms with Crippen molar-refractivity contribution in [2.45, 2.75) is 38.0 Å². The standard InChI is InChI=1S/C15H20N2O/c18-14-9-17-8-11-4-2-5-12(11)13-6-1-3-10(7-16-14)15(13)17/h1,3,6,11-12,14,16,18H,2,4-5,7-9H2/t11-,12-,14?/m0/s1. The fraction of sp³-hybridized carbons (Fsp3) is 0.600. The molecule has 1 aromatic rings. The predicted molar refractivity (Wildman–Crippen MR) is 71.6 cm³/mol. The molecule has 0 amide bonds. The van der Waals surface area contributed by atoms with Crippen LogP contribution in [0.5, 0.6) is 0 Å². The van der Waals surface area contributed by atoms with Gasteiger partial charge in [-0.2, -0.15) is 0 Å². The highest BCUT2D eigenvalue weighted by Gasteiger charge is 2.38. The van der Waals surface area contributed by atoms with Crippen molar-refractivity contribution in [1.29, 1.82) is 0 Å². The van der Waals surface area contributed by atoms with Gasteiger partial charge in [0.05, 0.1) is 6.54 Å². The van der Waals surface area contributed by atoms with Crippen LogP contribution in [0.15, 0.2) is 18.2 Å². The lowest BCUT2D eigenvalue weighted by Crippen LogP contribution is -2.42. The number of para-hydroxylation sites is 1. The Bertz CT molecular complexity index is 474. The summed E-state index contributed by atoms with van der Waals surface area (Å²) in [6.45, 7) is 2.65. The minimum Gasteiger partial charge on any atom is -0.377 e. The largest absolute Gasteiger partial charge is 0.377 e. The summed E-state index contributed by atoms with van der Waals surface area (Å²) in [5.41, 5.74) is 4.32. The molecule has 3 atom stereocenters. The Labute approximate surface area is 108 Å². The van der Waals surface area contributed by atoms with Gasteiger partial charge in [-0.05, 0) is 35.8 Å². The number of benzene rings is 1. The first kappa shape index (κ1) is 10.8. The number of hydrogen-bond acceptors (Lipinski definition) is 3. The maximum Gasteiger partial charge on any atom is 0.122 e. The summed E-state index contributed by atoms with van der Waals surface area (Å²) in [6.07, 6.45) is 3.68. The van der Waals surface area contributed by atoms with Gasteiger partial charge in [0.15, 0.2) is 0 Å². The molecular formula is C15H20N2O. The van der Waals surface area contributed by atoms with Crippen molar-refractivity contribution >= 4 is 5.69 Å². The van der Waals surface area contributed by atoms with Crippen LogP contribution in [0.1, 0.15) is 36.3 Å². The molecule has 1 aliphatic carbocycles. The minimum absolute atomic E-state index is 0.400. The van der Waals surface area contributed by atoms with Crippen molar-refractivity contribution in [3.8, 4) is 0 Å². The van der Waals surface area contributed by atoms with Gasteiger partial charge in [-0.25, -0.2) is 0 Å². The van der Waals surface area contributed by atoms with Gasteiger partial charge in [0.1, 0.15) is 6.23 Å². The highest BCUT2D eigenvalue weighted by atomic mass is 16.3. The number of nitrogens with one attached hydrogen (secondary N) is 1. The van der Waals surface area contributed by atoms with Gasteiger partial charge < -0.3 is 10.0 Å². The Morgan fingerprint density at radius 3 is 3.11 bits per heavy atom. The summed E-state index contributed by atoms with van der Waals surface area (Å²) in [6, 6.07) is 6.70. The SMILES string of the molecule is OC1CN2C[C@@H]3CCC[C@@H]3c3cccc(c32)CN1. The summed E-state index contributed by atoms with van der Waals surface area (Å²) < 4.78 is 0. The Morgan fingerprint density at radius 1 is 1.22 bits per heavy atom. The third-order valence-corrected chi connectivity index (χ3v) is 4.90. The summed E-state index contributed by atoms with van der Waals surface area (Å²) in [5, 5.41) is 13.2. The Balaban J connectivity index is 1.85. The zero-order chi connectivity index (χ0) is 12.1. The summed E-state index contributed by atoms with van der Waals surface area (Å²) in [5.74, 6) is 1.57. The number of nitrogens with zero attached hydrogens (tertiary/aromatic N) is 1. The third-order valence-electron chi connectivity index (χ3n) is 4.90. The average Bonchev–Trinajstić information content (AvgIpc) is 2.78. The van der Waals surface area contributed by atoms with E-state index in [4.69, 9.17) is 0 Å². The Kier molecular flexibility index (Phi) is 2.39. The molecule has 18 heavy (non-hydrogen) atoms. The lowest BCUT2D eigenvalue weighted by molar-refractivity contribution is 0.142. The van der Waals surface area contributed by atoms with Gasteiger partial charge >= 0.3 is 0 Å². The number of rotatable bonds is 0. The van der Waals surface area contributed by atoms with E-state index in [2.05, 4.69) is 28.4 Å². The van der Waals surface area contributed by atoms with Crippen LogP contribution < -0.4 is 10.2 Å². The number of hydrogen-bond donors (Lipinski definition) is 2. The molecule has 4 rings (SSSR count). The van der Waals surface area contributed by atoms with Crippen LogP contribution >= 0.6 is 0 Å². The Morgan fingerprint density at radius 2 is 2.17 bits per heavy atom. The molecule has 96 valence electrons. The smallest absolute Gasteiger partial charge is 0.122 e. The maximum absolute atomic E-state index is 9.97. The first-order valence-corrected chi connectivity index (χ1v) is 7.11. The second-order valence-electron chi connectivity index (χ2n) is 5.95. The average molecular weight is 244 g/mol. The zero-order valence-electron chi connectivity index (χ0n) is 10.6. The number of fused-ring (bicyclic) bond motifs is 2. The molecule has 1 aromatic carbocycles. The fourth-order valence-electron chi connectivity index (χ4n) is 4.14. The van der Waals surface area contributed by atoms with E-state index in [-0.39, 0.29) is 0 Å². The normalized spacial score (nSPS) is 33.8. The zero-order valence-corrected chi connectivity index (χ0v) is 10.6. The summed E-state index contributed by atoms with van der Waals surface area (Å²) >= 11 is 0. The highest BCUT2D eigenvalue weighted by molar-refractivity contribution is 5.64. The molecule has 1 fully saturated rings. The minimum atomic E-state index is -0.400. The van der Waals surface area contributed by atoms with E-state index >= 15 is 0 Å². The molecule has 3 heteroatoms. The van der Waals surface area contributed by atoms with E-state index in [0.29, 0.717) is 0 Å². The molecule has 0 aromatic heterocycles. The molecular weight excluding hydrogens is 224 g/mol. The van der Waals surface area contributed by atoms with Crippen molar-refractivity contribution in [2.75, 3.05) is 18.0 Å². The van der Waals surface area contributed by atoms with E-state index < -0.39 is 6.23 Å². The quantitative estimate of drug-likeness (QED) is 0.730. The van der Waals surface area contributed by atoms with Crippen LogP contribution in [0.2, 0.25) is 0 Å². The van der Waals surface area contributed by atoms with E-state index in [1.54, 1.807) is 0 Å². The number of aliphatic hydroxyl groups is 1. The lowest BCUT2D eigenvalue weighted by atomic mass is 9.82. The van der Waals surface area contributed by atoms with Gasteiger partial charge in [-0.3, -0.25) is 5.32 Å². The van der Waals surface area contributed by atoms with Crippen LogP contribution in [0.4, 0.5) is 5.69 Å². The van der Waals surface area contributed by atoms with Crippen LogP contribution in [0.25, 0.3) is 0 Å². The van der Waals surface area contributed by atoms with Crippen molar-refractivity contribution in [3.05, 3.63) is 29.3 Å². The maximum atomic E-state index is 9.97. The van der Waals surface area contributed by atoms with Gasteiger partial charge in [-0.1, -0.05) is 24.6 Å². The van der Waals surface area contributed by atoms with Crippen molar-refractivity contribution < 1.29 is 5.11 Å². The molecule has 3 nitrogen and oxygen atoms in total. The fourth-order valence-corrected chi connectivity index (χ4v) is 4.14. The second kappa shape index (κ2) is 3.97. The van der Waals surface area contributed by atoms with Crippen molar-refractivity contribution in [1.82, 2.24) is 5.32 Å². The summed E-state index contributed by atoms with van der Waals surface area (Å²) in [7, 11) is 0. The summed E-state index contributed by atoms with van der Waals surface area (Å²) in [4.78, 5) is 2.42. The lowest BCUT2D eigenvalue weighted by Gasteiger charge is -2.39. The Hall–Kier alpha value is -1.06. The molecule has 0 spiro atoms. The van der Waals surface area contributed by atoms with Crippen LogP contribution in [-0.4, -0.2) is 24.4 Å². The van der Waals surface area contributed by atoms with E-state index in [1.165, 1.54) is 36.1 Å². The van der Waals surface area contributed by atoms with Crippen molar-refractivity contribution in [2.24, 2.45) is 5.92 Å². The van der Waals surface area contributed by atoms with E-state index in [9.17, 15) is 5.11 Å². The van der Waals surface area contributed by atoms with Crippen LogP contribution in [0.3, 0.4) is 0 Å². The predicted octanol–water partition coefficient (Wildman–Crippen LogP) is 1.81. The van der Waals surface area contributed by atoms with Gasteiger partial charge in [-0.15, -0.1) is 0 Å². The number of aliphatic hydroxyl groups excluding tert-OH is 1. The second-order valence-corrected chi connectivity index (χ2v) is 5.95.